The Bertz CT molecular complexity index is 830. The Morgan fingerprint density at radius 3 is 2.71 bits per heavy atom. The van der Waals surface area contributed by atoms with Crippen LogP contribution in [0.15, 0.2) is 54.6 Å². The summed E-state index contributed by atoms with van der Waals surface area (Å²) in [5.41, 5.74) is 2.38. The van der Waals surface area contributed by atoms with E-state index >= 15 is 0 Å². The first-order valence-electron chi connectivity index (χ1n) is 6.57. The molecular formula is C17H13FN2O. The van der Waals surface area contributed by atoms with Crippen molar-refractivity contribution >= 4 is 22.5 Å². The van der Waals surface area contributed by atoms with Crippen LogP contribution in [0.4, 0.5) is 10.1 Å². The van der Waals surface area contributed by atoms with E-state index in [1.807, 2.05) is 25.1 Å². The van der Waals surface area contributed by atoms with Gasteiger partial charge in [-0.05, 0) is 37.3 Å². The summed E-state index contributed by atoms with van der Waals surface area (Å²) in [6, 6.07) is 15.1. The van der Waals surface area contributed by atoms with E-state index < -0.39 is 0 Å². The van der Waals surface area contributed by atoms with Gasteiger partial charge in [-0.3, -0.25) is 9.78 Å². The summed E-state index contributed by atoms with van der Waals surface area (Å²) in [6.07, 6.45) is 0. The molecule has 1 heterocycles. The standard InChI is InChI=1S/C17H13FN2O/c1-11-8-9-12-4-2-7-15(16(12)19-11)17(21)20-14-6-3-5-13(18)10-14/h2-10H,1H3,(H,20,21). The van der Waals surface area contributed by atoms with Crippen molar-refractivity contribution in [3.8, 4) is 0 Å². The molecule has 104 valence electrons. The Labute approximate surface area is 121 Å². The largest absolute Gasteiger partial charge is 0.322 e. The van der Waals surface area contributed by atoms with Crippen molar-refractivity contribution in [2.45, 2.75) is 6.92 Å². The van der Waals surface area contributed by atoms with Gasteiger partial charge in [0.2, 0.25) is 0 Å². The fourth-order valence-corrected chi connectivity index (χ4v) is 2.19. The lowest BCUT2D eigenvalue weighted by Crippen LogP contribution is -2.13. The number of aryl methyl sites for hydroxylation is 1. The first-order chi connectivity index (χ1) is 10.1. The predicted octanol–water partition coefficient (Wildman–Crippen LogP) is 3.93. The summed E-state index contributed by atoms with van der Waals surface area (Å²) in [5.74, 6) is -0.691. The zero-order valence-electron chi connectivity index (χ0n) is 11.4. The van der Waals surface area contributed by atoms with Crippen LogP contribution in [0.3, 0.4) is 0 Å². The Hall–Kier alpha value is -2.75. The minimum absolute atomic E-state index is 0.302. The Balaban J connectivity index is 2.00. The quantitative estimate of drug-likeness (QED) is 0.772. The van der Waals surface area contributed by atoms with Crippen LogP contribution in [-0.2, 0) is 0 Å². The number of aromatic nitrogens is 1. The first kappa shape index (κ1) is 13.2. The van der Waals surface area contributed by atoms with E-state index in [1.54, 1.807) is 24.3 Å². The molecular weight excluding hydrogens is 267 g/mol. The highest BCUT2D eigenvalue weighted by molar-refractivity contribution is 6.11. The van der Waals surface area contributed by atoms with Gasteiger partial charge >= 0.3 is 0 Å². The van der Waals surface area contributed by atoms with Gasteiger partial charge in [0.25, 0.3) is 5.91 Å². The minimum atomic E-state index is -0.389. The summed E-state index contributed by atoms with van der Waals surface area (Å²) < 4.78 is 13.2. The fourth-order valence-electron chi connectivity index (χ4n) is 2.19. The van der Waals surface area contributed by atoms with Crippen LogP contribution >= 0.6 is 0 Å². The number of benzene rings is 2. The number of nitrogens with zero attached hydrogens (tertiary/aromatic N) is 1. The maximum Gasteiger partial charge on any atom is 0.257 e. The SMILES string of the molecule is Cc1ccc2cccc(C(=O)Nc3cccc(F)c3)c2n1. The van der Waals surface area contributed by atoms with Crippen LogP contribution in [0.5, 0.6) is 0 Å². The molecule has 0 fully saturated rings. The van der Waals surface area contributed by atoms with E-state index in [0.717, 1.165) is 11.1 Å². The topological polar surface area (TPSA) is 42.0 Å². The summed E-state index contributed by atoms with van der Waals surface area (Å²) in [6.45, 7) is 1.88. The second-order valence-corrected chi connectivity index (χ2v) is 4.79. The Morgan fingerprint density at radius 2 is 1.90 bits per heavy atom. The maximum absolute atomic E-state index is 13.2. The van der Waals surface area contributed by atoms with Gasteiger partial charge in [-0.15, -0.1) is 0 Å². The number of hydrogen-bond acceptors (Lipinski definition) is 2. The maximum atomic E-state index is 13.2. The van der Waals surface area contributed by atoms with Gasteiger partial charge in [-0.25, -0.2) is 4.39 Å². The van der Waals surface area contributed by atoms with Gasteiger partial charge < -0.3 is 5.32 Å². The second-order valence-electron chi connectivity index (χ2n) is 4.79. The van der Waals surface area contributed by atoms with Crippen LogP contribution < -0.4 is 5.32 Å². The molecule has 0 radical (unpaired) electrons. The number of amides is 1. The zero-order chi connectivity index (χ0) is 14.8. The van der Waals surface area contributed by atoms with Crippen LogP contribution in [0.2, 0.25) is 0 Å². The van der Waals surface area contributed by atoms with E-state index in [9.17, 15) is 9.18 Å². The number of hydrogen-bond donors (Lipinski definition) is 1. The van der Waals surface area contributed by atoms with E-state index in [1.165, 1.54) is 12.1 Å². The average molecular weight is 280 g/mol. The number of anilines is 1. The molecule has 1 aromatic heterocycles. The minimum Gasteiger partial charge on any atom is -0.322 e. The number of nitrogens with one attached hydrogen (secondary N) is 1. The number of fused-ring (bicyclic) bond motifs is 1. The highest BCUT2D eigenvalue weighted by Gasteiger charge is 2.11. The fraction of sp³-hybridized carbons (Fsp3) is 0.0588. The zero-order valence-corrected chi connectivity index (χ0v) is 11.4. The van der Waals surface area contributed by atoms with Crippen molar-refractivity contribution in [2.24, 2.45) is 0 Å². The highest BCUT2D eigenvalue weighted by Crippen LogP contribution is 2.19. The van der Waals surface area contributed by atoms with E-state index in [2.05, 4.69) is 10.3 Å². The molecule has 1 N–H and O–H groups in total. The first-order valence-corrected chi connectivity index (χ1v) is 6.57. The smallest absolute Gasteiger partial charge is 0.257 e. The molecule has 3 nitrogen and oxygen atoms in total. The molecule has 0 spiro atoms. The lowest BCUT2D eigenvalue weighted by atomic mass is 10.1. The van der Waals surface area contributed by atoms with E-state index in [4.69, 9.17) is 0 Å². The van der Waals surface area contributed by atoms with Gasteiger partial charge in [0.1, 0.15) is 5.82 Å². The van der Waals surface area contributed by atoms with Crippen LogP contribution in [0.25, 0.3) is 10.9 Å². The molecule has 0 bridgehead atoms. The normalized spacial score (nSPS) is 10.6. The van der Waals surface area contributed by atoms with E-state index in [0.29, 0.717) is 16.8 Å². The summed E-state index contributed by atoms with van der Waals surface area (Å²) in [7, 11) is 0. The molecule has 3 aromatic rings. The second kappa shape index (κ2) is 5.32. The lowest BCUT2D eigenvalue weighted by molar-refractivity contribution is 0.102. The van der Waals surface area contributed by atoms with Gasteiger partial charge in [0.15, 0.2) is 0 Å². The van der Waals surface area contributed by atoms with Crippen molar-refractivity contribution in [2.75, 3.05) is 5.32 Å². The molecule has 0 aliphatic heterocycles. The molecule has 0 unspecified atom stereocenters. The van der Waals surface area contributed by atoms with Crippen molar-refractivity contribution < 1.29 is 9.18 Å². The lowest BCUT2D eigenvalue weighted by Gasteiger charge is -2.08. The highest BCUT2D eigenvalue weighted by atomic mass is 19.1. The third-order valence-corrected chi connectivity index (χ3v) is 3.19. The summed E-state index contributed by atoms with van der Waals surface area (Å²) in [5, 5.41) is 3.59. The molecule has 4 heteroatoms. The van der Waals surface area contributed by atoms with Crippen LogP contribution in [0, 0.1) is 12.7 Å². The summed E-state index contributed by atoms with van der Waals surface area (Å²) >= 11 is 0. The van der Waals surface area contributed by atoms with Crippen molar-refractivity contribution in [3.63, 3.8) is 0 Å². The number of para-hydroxylation sites is 1. The molecule has 0 atom stereocenters. The van der Waals surface area contributed by atoms with Crippen molar-refractivity contribution in [3.05, 3.63) is 71.7 Å². The predicted molar refractivity (Wildman–Crippen MR) is 80.8 cm³/mol. The number of carbonyl (C=O) groups excluding carboxylic acids is 1. The third-order valence-electron chi connectivity index (χ3n) is 3.19. The number of halogens is 1. The molecule has 3 rings (SSSR count). The van der Waals surface area contributed by atoms with Crippen LogP contribution in [0.1, 0.15) is 16.1 Å². The third kappa shape index (κ3) is 2.74. The molecule has 0 saturated carbocycles. The Kier molecular flexibility index (Phi) is 3.36. The Morgan fingerprint density at radius 1 is 1.10 bits per heavy atom. The number of rotatable bonds is 2. The number of carbonyl (C=O) groups is 1. The molecule has 0 aliphatic rings. The monoisotopic (exact) mass is 280 g/mol. The van der Waals surface area contributed by atoms with Gasteiger partial charge in [-0.2, -0.15) is 0 Å². The molecule has 1 amide bonds. The van der Waals surface area contributed by atoms with E-state index in [-0.39, 0.29) is 11.7 Å². The van der Waals surface area contributed by atoms with Crippen LogP contribution in [-0.4, -0.2) is 10.9 Å². The molecule has 2 aromatic carbocycles. The summed E-state index contributed by atoms with van der Waals surface area (Å²) in [4.78, 5) is 16.8. The average Bonchev–Trinajstić information content (AvgIpc) is 2.46. The molecule has 21 heavy (non-hydrogen) atoms. The van der Waals surface area contributed by atoms with Gasteiger partial charge in [0, 0.05) is 16.8 Å². The van der Waals surface area contributed by atoms with Gasteiger partial charge in [-0.1, -0.05) is 24.3 Å². The molecule has 0 saturated heterocycles. The van der Waals surface area contributed by atoms with Crippen molar-refractivity contribution in [1.82, 2.24) is 4.98 Å². The molecule has 0 aliphatic carbocycles. The van der Waals surface area contributed by atoms with Gasteiger partial charge in [0.05, 0.1) is 11.1 Å². The number of pyridine rings is 1. The van der Waals surface area contributed by atoms with Crippen molar-refractivity contribution in [1.29, 1.82) is 0 Å².